The second-order valence-corrected chi connectivity index (χ2v) is 10.4. The number of carbonyl (C=O) groups is 2. The van der Waals surface area contributed by atoms with Gasteiger partial charge >= 0.3 is 6.09 Å². The van der Waals surface area contributed by atoms with Crippen LogP contribution in [0.4, 0.5) is 10.5 Å². The molecule has 2 saturated heterocycles. The maximum atomic E-state index is 12.9. The highest BCUT2D eigenvalue weighted by Gasteiger charge is 2.24. The fraction of sp³-hybridized carbons (Fsp3) is 0.419. The van der Waals surface area contributed by atoms with E-state index >= 15 is 0 Å². The minimum atomic E-state index is -0.432. The molecule has 1 N–H and O–H groups in total. The minimum absolute atomic E-state index is 0.112. The topological polar surface area (TPSA) is 87.5 Å². The number of nitrogens with zero attached hydrogens (tertiary/aromatic N) is 3. The zero-order valence-electron chi connectivity index (χ0n) is 23.1. The highest BCUT2D eigenvalue weighted by atomic mass is 16.6. The average Bonchev–Trinajstić information content (AvgIpc) is 3.46. The van der Waals surface area contributed by atoms with Gasteiger partial charge in [0.05, 0.1) is 25.4 Å². The first-order valence-electron chi connectivity index (χ1n) is 14.0. The maximum absolute atomic E-state index is 12.9. The van der Waals surface area contributed by atoms with Crippen LogP contribution in [0.15, 0.2) is 71.1 Å². The fourth-order valence-electron chi connectivity index (χ4n) is 5.14. The van der Waals surface area contributed by atoms with Crippen molar-refractivity contribution in [1.82, 2.24) is 14.7 Å². The number of para-hydroxylation sites is 1. The smallest absolute Gasteiger partial charge is 0.411 e. The Hall–Kier alpha value is -3.66. The minimum Gasteiger partial charge on any atom is -0.455 e. The van der Waals surface area contributed by atoms with Crippen LogP contribution in [0.25, 0.3) is 11.1 Å². The molecule has 0 bridgehead atoms. The summed E-state index contributed by atoms with van der Waals surface area (Å²) < 4.78 is 17.0. The fourth-order valence-corrected chi connectivity index (χ4v) is 5.14. The summed E-state index contributed by atoms with van der Waals surface area (Å²) in [7, 11) is 1.81. The van der Waals surface area contributed by atoms with Crippen molar-refractivity contribution in [2.45, 2.75) is 25.5 Å². The number of hydrogen-bond acceptors (Lipinski definition) is 7. The maximum Gasteiger partial charge on any atom is 0.411 e. The lowest BCUT2D eigenvalue weighted by Gasteiger charge is -2.32. The lowest BCUT2D eigenvalue weighted by atomic mass is 10.0. The Bertz CT molecular complexity index is 1250. The summed E-state index contributed by atoms with van der Waals surface area (Å²) in [4.78, 5) is 31.8. The van der Waals surface area contributed by atoms with Crippen LogP contribution in [0, 0.1) is 0 Å². The predicted octanol–water partition coefficient (Wildman–Crippen LogP) is 4.56. The van der Waals surface area contributed by atoms with Gasteiger partial charge in [0.1, 0.15) is 11.9 Å². The van der Waals surface area contributed by atoms with Crippen molar-refractivity contribution in [3.8, 4) is 11.1 Å². The number of nitrogens with one attached hydrogen (secondary N) is 1. The molecule has 0 aliphatic carbocycles. The van der Waals surface area contributed by atoms with Crippen molar-refractivity contribution < 1.29 is 23.5 Å². The van der Waals surface area contributed by atoms with Crippen molar-refractivity contribution in [2.24, 2.45) is 0 Å². The van der Waals surface area contributed by atoms with Crippen LogP contribution < -0.4 is 5.32 Å². The third kappa shape index (κ3) is 7.50. The molecular formula is C31H38N4O5. The van der Waals surface area contributed by atoms with Crippen LogP contribution in [0.3, 0.4) is 0 Å². The number of ether oxygens (including phenoxy) is 2. The molecule has 0 unspecified atom stereocenters. The standard InChI is InChI=1S/C31H38N4O5/c1-33(30(36)29-12-11-26(39-29)23-35-19-21-38-22-20-35)17-18-34-15-13-25(14-16-34)40-31(37)32-28-10-6-5-9-27(28)24-7-3-2-4-8-24/h2-12,25H,13-23H2,1H3,(H,32,37). The van der Waals surface area contributed by atoms with Crippen molar-refractivity contribution in [1.29, 1.82) is 0 Å². The Kier molecular flexibility index (Phi) is 9.49. The van der Waals surface area contributed by atoms with E-state index < -0.39 is 6.09 Å². The van der Waals surface area contributed by atoms with E-state index in [0.717, 1.165) is 81.4 Å². The molecule has 40 heavy (non-hydrogen) atoms. The van der Waals surface area contributed by atoms with Crippen LogP contribution in [-0.2, 0) is 16.0 Å². The van der Waals surface area contributed by atoms with Gasteiger partial charge in [-0.2, -0.15) is 0 Å². The van der Waals surface area contributed by atoms with Gasteiger partial charge < -0.3 is 23.7 Å². The molecule has 9 heteroatoms. The summed E-state index contributed by atoms with van der Waals surface area (Å²) in [5.41, 5.74) is 2.72. The molecule has 2 amide bonds. The molecule has 2 aliphatic heterocycles. The normalized spacial score (nSPS) is 16.9. The largest absolute Gasteiger partial charge is 0.455 e. The molecule has 0 saturated carbocycles. The van der Waals surface area contributed by atoms with E-state index in [1.165, 1.54) is 0 Å². The molecular weight excluding hydrogens is 508 g/mol. The zero-order chi connectivity index (χ0) is 27.7. The number of morpholine rings is 1. The number of carbonyl (C=O) groups excluding carboxylic acids is 2. The Balaban J connectivity index is 1.03. The van der Waals surface area contributed by atoms with E-state index in [-0.39, 0.29) is 12.0 Å². The third-order valence-corrected chi connectivity index (χ3v) is 7.51. The van der Waals surface area contributed by atoms with Crippen LogP contribution in [-0.4, -0.2) is 92.3 Å². The highest BCUT2D eigenvalue weighted by Crippen LogP contribution is 2.28. The molecule has 212 valence electrons. The number of likely N-dealkylation sites (N-methyl/N-ethyl adjacent to an activating group) is 1. The van der Waals surface area contributed by atoms with Crippen molar-refractivity contribution in [3.63, 3.8) is 0 Å². The van der Waals surface area contributed by atoms with Gasteiger partial charge in [0.2, 0.25) is 0 Å². The first-order valence-corrected chi connectivity index (χ1v) is 14.0. The van der Waals surface area contributed by atoms with Crippen LogP contribution >= 0.6 is 0 Å². The van der Waals surface area contributed by atoms with Gasteiger partial charge in [-0.15, -0.1) is 0 Å². The second-order valence-electron chi connectivity index (χ2n) is 10.4. The molecule has 1 aromatic heterocycles. The molecule has 0 radical (unpaired) electrons. The first-order chi connectivity index (χ1) is 19.5. The molecule has 5 rings (SSSR count). The van der Waals surface area contributed by atoms with Crippen LogP contribution in [0.5, 0.6) is 0 Å². The van der Waals surface area contributed by atoms with E-state index in [1.807, 2.05) is 60.7 Å². The van der Waals surface area contributed by atoms with Gasteiger partial charge in [-0.05, 0) is 36.6 Å². The summed E-state index contributed by atoms with van der Waals surface area (Å²) in [6, 6.07) is 21.3. The van der Waals surface area contributed by atoms with Crippen molar-refractivity contribution in [2.75, 3.05) is 64.8 Å². The Labute approximate surface area is 235 Å². The Morgan fingerprint density at radius 1 is 0.925 bits per heavy atom. The number of furan rings is 1. The summed E-state index contributed by atoms with van der Waals surface area (Å²) in [5, 5.41) is 2.92. The van der Waals surface area contributed by atoms with Gasteiger partial charge in [0, 0.05) is 51.9 Å². The van der Waals surface area contributed by atoms with E-state index in [4.69, 9.17) is 13.9 Å². The molecule has 0 spiro atoms. The average molecular weight is 547 g/mol. The highest BCUT2D eigenvalue weighted by molar-refractivity contribution is 5.92. The Morgan fingerprint density at radius 3 is 2.42 bits per heavy atom. The quantitative estimate of drug-likeness (QED) is 0.421. The molecule has 2 aromatic carbocycles. The van der Waals surface area contributed by atoms with Crippen molar-refractivity contribution in [3.05, 3.63) is 78.3 Å². The number of likely N-dealkylation sites (tertiary alicyclic amines) is 1. The van der Waals surface area contributed by atoms with Crippen molar-refractivity contribution >= 4 is 17.7 Å². The van der Waals surface area contributed by atoms with E-state index in [2.05, 4.69) is 15.1 Å². The second kappa shape index (κ2) is 13.6. The van der Waals surface area contributed by atoms with Gasteiger partial charge in [-0.25, -0.2) is 4.79 Å². The zero-order valence-corrected chi connectivity index (χ0v) is 23.1. The number of anilines is 1. The lowest BCUT2D eigenvalue weighted by Crippen LogP contribution is -2.42. The third-order valence-electron chi connectivity index (χ3n) is 7.51. The number of benzene rings is 2. The van der Waals surface area contributed by atoms with Gasteiger partial charge in [-0.1, -0.05) is 48.5 Å². The SMILES string of the molecule is CN(CCN1CCC(OC(=O)Nc2ccccc2-c2ccccc2)CC1)C(=O)c1ccc(CN2CCOCC2)o1. The summed E-state index contributed by atoms with van der Waals surface area (Å²) in [5.74, 6) is 1.06. The number of amides is 2. The molecule has 2 aliphatic rings. The summed E-state index contributed by atoms with van der Waals surface area (Å²) >= 11 is 0. The van der Waals surface area contributed by atoms with Crippen LogP contribution in [0.2, 0.25) is 0 Å². The van der Waals surface area contributed by atoms with Crippen LogP contribution in [0.1, 0.15) is 29.2 Å². The molecule has 3 aromatic rings. The number of rotatable bonds is 9. The summed E-state index contributed by atoms with van der Waals surface area (Å²) in [6.45, 7) is 6.87. The molecule has 3 heterocycles. The Morgan fingerprint density at radius 2 is 1.65 bits per heavy atom. The predicted molar refractivity (Wildman–Crippen MR) is 153 cm³/mol. The number of piperidine rings is 1. The van der Waals surface area contributed by atoms with Gasteiger partial charge in [-0.3, -0.25) is 15.0 Å². The number of hydrogen-bond donors (Lipinski definition) is 1. The monoisotopic (exact) mass is 546 g/mol. The van der Waals surface area contributed by atoms with Gasteiger partial charge in [0.15, 0.2) is 5.76 Å². The lowest BCUT2D eigenvalue weighted by molar-refractivity contribution is 0.0310. The van der Waals surface area contributed by atoms with E-state index in [1.54, 1.807) is 18.0 Å². The first kappa shape index (κ1) is 27.9. The van der Waals surface area contributed by atoms with E-state index in [9.17, 15) is 9.59 Å². The summed E-state index contributed by atoms with van der Waals surface area (Å²) in [6.07, 6.45) is 0.953. The molecule has 0 atom stereocenters. The van der Waals surface area contributed by atoms with Gasteiger partial charge in [0.25, 0.3) is 5.91 Å². The molecule has 9 nitrogen and oxygen atoms in total. The van der Waals surface area contributed by atoms with E-state index in [0.29, 0.717) is 18.8 Å². The molecule has 2 fully saturated rings.